The largest absolute Gasteiger partial charge is 0.238 e. The van der Waals surface area contributed by atoms with Gasteiger partial charge in [-0.05, 0) is 23.3 Å². The topological polar surface area (TPSA) is 60.2 Å². The van der Waals surface area contributed by atoms with Crippen LogP contribution in [0.1, 0.15) is 24.0 Å². The standard InChI is InChI=1S/C14H15NO2S/c1-11(12-5-3-2-4-6-12)13-7-9-14(10-8-13)18(15,16)17/h2-11H,1H3,(H2,15,16,17). The van der Waals surface area contributed by atoms with E-state index in [0.29, 0.717) is 0 Å². The summed E-state index contributed by atoms with van der Waals surface area (Å²) < 4.78 is 22.3. The van der Waals surface area contributed by atoms with Gasteiger partial charge in [0.1, 0.15) is 0 Å². The van der Waals surface area contributed by atoms with Crippen LogP contribution in [0.3, 0.4) is 0 Å². The first-order valence-corrected chi connectivity index (χ1v) is 7.21. The predicted molar refractivity (Wildman–Crippen MR) is 71.8 cm³/mol. The molecule has 1 atom stereocenters. The smallest absolute Gasteiger partial charge is 0.225 e. The zero-order valence-corrected chi connectivity index (χ0v) is 10.9. The van der Waals surface area contributed by atoms with Crippen LogP contribution in [0.2, 0.25) is 0 Å². The Hall–Kier alpha value is -1.65. The summed E-state index contributed by atoms with van der Waals surface area (Å²) in [5.41, 5.74) is 2.26. The van der Waals surface area contributed by atoms with Crippen LogP contribution in [0, 0.1) is 0 Å². The monoisotopic (exact) mass is 261 g/mol. The summed E-state index contributed by atoms with van der Waals surface area (Å²) in [6.07, 6.45) is 0. The van der Waals surface area contributed by atoms with Gasteiger partial charge in [-0.1, -0.05) is 49.4 Å². The minimum absolute atomic E-state index is 0.145. The lowest BCUT2D eigenvalue weighted by molar-refractivity contribution is 0.597. The Bertz CT molecular complexity index is 619. The Kier molecular flexibility index (Phi) is 3.50. The number of benzene rings is 2. The molecule has 1 unspecified atom stereocenters. The Labute approximate surface area is 107 Å². The maximum atomic E-state index is 11.2. The third kappa shape index (κ3) is 2.78. The second-order valence-electron chi connectivity index (χ2n) is 4.25. The summed E-state index contributed by atoms with van der Waals surface area (Å²) in [5, 5.41) is 5.07. The lowest BCUT2D eigenvalue weighted by atomic mass is 9.93. The normalized spacial score (nSPS) is 13.2. The van der Waals surface area contributed by atoms with E-state index in [4.69, 9.17) is 5.14 Å². The van der Waals surface area contributed by atoms with Crippen molar-refractivity contribution in [3.8, 4) is 0 Å². The van der Waals surface area contributed by atoms with Gasteiger partial charge in [-0.15, -0.1) is 0 Å². The molecule has 0 fully saturated rings. The summed E-state index contributed by atoms with van der Waals surface area (Å²) in [5.74, 6) is 0.223. The molecule has 94 valence electrons. The van der Waals surface area contributed by atoms with E-state index in [0.717, 1.165) is 5.56 Å². The Morgan fingerprint density at radius 1 is 0.889 bits per heavy atom. The summed E-state index contributed by atoms with van der Waals surface area (Å²) in [7, 11) is -3.61. The fourth-order valence-electron chi connectivity index (χ4n) is 1.88. The average molecular weight is 261 g/mol. The molecule has 4 heteroatoms. The Morgan fingerprint density at radius 3 is 1.89 bits per heavy atom. The molecular formula is C14H15NO2S. The van der Waals surface area contributed by atoms with Gasteiger partial charge in [0.05, 0.1) is 4.90 Å². The van der Waals surface area contributed by atoms with E-state index in [-0.39, 0.29) is 10.8 Å². The van der Waals surface area contributed by atoms with E-state index in [1.807, 2.05) is 18.2 Å². The van der Waals surface area contributed by atoms with Crippen molar-refractivity contribution >= 4 is 10.0 Å². The van der Waals surface area contributed by atoms with Crippen LogP contribution in [-0.2, 0) is 10.0 Å². The zero-order chi connectivity index (χ0) is 13.2. The molecule has 0 amide bonds. The number of nitrogens with two attached hydrogens (primary N) is 1. The highest BCUT2D eigenvalue weighted by Crippen LogP contribution is 2.24. The third-order valence-corrected chi connectivity index (χ3v) is 3.94. The highest BCUT2D eigenvalue weighted by Gasteiger charge is 2.10. The molecule has 0 radical (unpaired) electrons. The van der Waals surface area contributed by atoms with Gasteiger partial charge in [0.15, 0.2) is 0 Å². The van der Waals surface area contributed by atoms with Crippen molar-refractivity contribution in [2.75, 3.05) is 0 Å². The molecule has 0 saturated heterocycles. The molecule has 0 aliphatic heterocycles. The van der Waals surface area contributed by atoms with Gasteiger partial charge >= 0.3 is 0 Å². The average Bonchev–Trinajstić information content (AvgIpc) is 2.38. The van der Waals surface area contributed by atoms with Gasteiger partial charge in [-0.25, -0.2) is 13.6 Å². The van der Waals surface area contributed by atoms with Crippen LogP contribution in [0.25, 0.3) is 0 Å². The van der Waals surface area contributed by atoms with Crippen molar-refractivity contribution in [3.63, 3.8) is 0 Å². The number of hydrogen-bond donors (Lipinski definition) is 1. The second-order valence-corrected chi connectivity index (χ2v) is 5.81. The SMILES string of the molecule is CC(c1ccccc1)c1ccc(S(N)(=O)=O)cc1. The summed E-state index contributed by atoms with van der Waals surface area (Å²) >= 11 is 0. The molecule has 0 saturated carbocycles. The van der Waals surface area contributed by atoms with Crippen LogP contribution in [0.5, 0.6) is 0 Å². The highest BCUT2D eigenvalue weighted by atomic mass is 32.2. The number of rotatable bonds is 3. The third-order valence-electron chi connectivity index (χ3n) is 3.01. The van der Waals surface area contributed by atoms with E-state index in [1.54, 1.807) is 24.3 Å². The molecule has 0 aliphatic carbocycles. The molecule has 3 nitrogen and oxygen atoms in total. The lowest BCUT2D eigenvalue weighted by Crippen LogP contribution is -2.12. The number of hydrogen-bond acceptors (Lipinski definition) is 2. The van der Waals surface area contributed by atoms with E-state index in [2.05, 4.69) is 19.1 Å². The van der Waals surface area contributed by atoms with Gasteiger partial charge in [0.25, 0.3) is 0 Å². The lowest BCUT2D eigenvalue weighted by Gasteiger charge is -2.12. The van der Waals surface area contributed by atoms with Gasteiger partial charge in [-0.2, -0.15) is 0 Å². The molecule has 0 bridgehead atoms. The van der Waals surface area contributed by atoms with E-state index >= 15 is 0 Å². The highest BCUT2D eigenvalue weighted by molar-refractivity contribution is 7.89. The van der Waals surface area contributed by atoms with Gasteiger partial charge < -0.3 is 0 Å². The van der Waals surface area contributed by atoms with Gasteiger partial charge in [0, 0.05) is 5.92 Å². The fraction of sp³-hybridized carbons (Fsp3) is 0.143. The predicted octanol–water partition coefficient (Wildman–Crippen LogP) is 2.49. The van der Waals surface area contributed by atoms with Crippen molar-refractivity contribution in [2.24, 2.45) is 5.14 Å². The summed E-state index contributed by atoms with van der Waals surface area (Å²) in [6.45, 7) is 2.08. The van der Waals surface area contributed by atoms with Gasteiger partial charge in [0.2, 0.25) is 10.0 Å². The maximum Gasteiger partial charge on any atom is 0.238 e. The van der Waals surface area contributed by atoms with Crippen LogP contribution in [0.15, 0.2) is 59.5 Å². The summed E-state index contributed by atoms with van der Waals surface area (Å²) in [6, 6.07) is 16.8. The van der Waals surface area contributed by atoms with Gasteiger partial charge in [-0.3, -0.25) is 0 Å². The van der Waals surface area contributed by atoms with E-state index < -0.39 is 10.0 Å². The van der Waals surface area contributed by atoms with Crippen LogP contribution in [-0.4, -0.2) is 8.42 Å². The molecule has 0 spiro atoms. The molecule has 18 heavy (non-hydrogen) atoms. The van der Waals surface area contributed by atoms with E-state index in [1.165, 1.54) is 5.56 Å². The van der Waals surface area contributed by atoms with Crippen LogP contribution >= 0.6 is 0 Å². The minimum Gasteiger partial charge on any atom is -0.225 e. The zero-order valence-electron chi connectivity index (χ0n) is 10.1. The Morgan fingerprint density at radius 2 is 1.39 bits per heavy atom. The minimum atomic E-state index is -3.61. The van der Waals surface area contributed by atoms with Crippen molar-refractivity contribution in [1.29, 1.82) is 0 Å². The molecule has 2 rings (SSSR count). The number of sulfonamides is 1. The number of primary sulfonamides is 1. The first-order chi connectivity index (χ1) is 8.48. The second kappa shape index (κ2) is 4.92. The molecular weight excluding hydrogens is 246 g/mol. The quantitative estimate of drug-likeness (QED) is 0.922. The molecule has 0 aromatic heterocycles. The van der Waals surface area contributed by atoms with E-state index in [9.17, 15) is 8.42 Å². The summed E-state index contributed by atoms with van der Waals surface area (Å²) in [4.78, 5) is 0.145. The first kappa shape index (κ1) is 12.8. The molecule has 2 aromatic carbocycles. The maximum absolute atomic E-state index is 11.2. The molecule has 2 N–H and O–H groups in total. The fourth-order valence-corrected chi connectivity index (χ4v) is 2.40. The van der Waals surface area contributed by atoms with Crippen LogP contribution in [0.4, 0.5) is 0 Å². The molecule has 0 heterocycles. The van der Waals surface area contributed by atoms with Crippen LogP contribution < -0.4 is 5.14 Å². The van der Waals surface area contributed by atoms with Crippen molar-refractivity contribution in [2.45, 2.75) is 17.7 Å². The van der Waals surface area contributed by atoms with Crippen molar-refractivity contribution in [3.05, 3.63) is 65.7 Å². The first-order valence-electron chi connectivity index (χ1n) is 5.66. The molecule has 2 aromatic rings. The molecule has 0 aliphatic rings. The van der Waals surface area contributed by atoms with Crippen molar-refractivity contribution in [1.82, 2.24) is 0 Å². The Balaban J connectivity index is 2.31. The van der Waals surface area contributed by atoms with Crippen molar-refractivity contribution < 1.29 is 8.42 Å².